The van der Waals surface area contributed by atoms with E-state index in [0.29, 0.717) is 0 Å². The normalized spacial score (nSPS) is 8.20. The van der Waals surface area contributed by atoms with E-state index in [4.69, 9.17) is 11.6 Å². The zero-order chi connectivity index (χ0) is 7.98. The minimum Gasteiger partial charge on any atom is -0.461 e. The van der Waals surface area contributed by atoms with Crippen molar-refractivity contribution in [2.45, 2.75) is 6.92 Å². The largest absolute Gasteiger partial charge is 0.461 e. The SMILES string of the molecule is CC(=O)OCC(=C=O)CCl. The maximum Gasteiger partial charge on any atom is 0.302 e. The molecule has 0 heterocycles. The first-order valence-corrected chi connectivity index (χ1v) is 3.16. The first kappa shape index (κ1) is 9.21. The Balaban J connectivity index is 3.67. The first-order chi connectivity index (χ1) is 4.70. The molecule has 3 nitrogen and oxygen atoms in total. The van der Waals surface area contributed by atoms with Crippen molar-refractivity contribution in [3.63, 3.8) is 0 Å². The third-order valence-corrected chi connectivity index (χ3v) is 1.08. The predicted octanol–water partition coefficient (Wildman–Crippen LogP) is 0.546. The second-order valence-electron chi connectivity index (χ2n) is 1.62. The Morgan fingerprint density at radius 3 is 2.60 bits per heavy atom. The van der Waals surface area contributed by atoms with E-state index in [2.05, 4.69) is 4.74 Å². The maximum absolute atomic E-state index is 10.2. The quantitative estimate of drug-likeness (QED) is 0.346. The lowest BCUT2D eigenvalue weighted by atomic mass is 10.4. The fourth-order valence-corrected chi connectivity index (χ4v) is 0.416. The van der Waals surface area contributed by atoms with Crippen LogP contribution in [0, 0.1) is 0 Å². The lowest BCUT2D eigenvalue weighted by Crippen LogP contribution is -2.04. The number of rotatable bonds is 3. The number of hydrogen-bond acceptors (Lipinski definition) is 3. The van der Waals surface area contributed by atoms with E-state index in [1.165, 1.54) is 6.92 Å². The lowest BCUT2D eigenvalue weighted by Gasteiger charge is -1.97. The number of carbonyl (C=O) groups excluding carboxylic acids is 2. The molecular formula is C6H7ClO3. The first-order valence-electron chi connectivity index (χ1n) is 2.63. The highest BCUT2D eigenvalue weighted by atomic mass is 35.5. The van der Waals surface area contributed by atoms with E-state index >= 15 is 0 Å². The molecule has 0 aromatic heterocycles. The summed E-state index contributed by atoms with van der Waals surface area (Å²) in [5.41, 5.74) is 0.247. The van der Waals surface area contributed by atoms with E-state index in [9.17, 15) is 9.59 Å². The van der Waals surface area contributed by atoms with Gasteiger partial charge in [-0.2, -0.15) is 0 Å². The molecule has 0 unspecified atom stereocenters. The summed E-state index contributed by atoms with van der Waals surface area (Å²) < 4.78 is 4.46. The van der Waals surface area contributed by atoms with Gasteiger partial charge in [0.25, 0.3) is 0 Å². The van der Waals surface area contributed by atoms with Crippen LogP contribution in [0.1, 0.15) is 6.92 Å². The second-order valence-corrected chi connectivity index (χ2v) is 1.89. The molecule has 0 bridgehead atoms. The number of ether oxygens (including phenoxy) is 1. The Morgan fingerprint density at radius 2 is 2.30 bits per heavy atom. The summed E-state index contributed by atoms with van der Waals surface area (Å²) >= 11 is 5.26. The van der Waals surface area contributed by atoms with E-state index < -0.39 is 5.97 Å². The number of halogens is 1. The molecule has 0 aromatic carbocycles. The summed E-state index contributed by atoms with van der Waals surface area (Å²) in [6.07, 6.45) is 0. The summed E-state index contributed by atoms with van der Waals surface area (Å²) in [4.78, 5) is 20.1. The highest BCUT2D eigenvalue weighted by molar-refractivity contribution is 6.20. The van der Waals surface area contributed by atoms with Gasteiger partial charge in [0, 0.05) is 6.92 Å². The molecule has 0 aliphatic heterocycles. The van der Waals surface area contributed by atoms with Crippen molar-refractivity contribution in [3.05, 3.63) is 5.57 Å². The van der Waals surface area contributed by atoms with Gasteiger partial charge in [0.15, 0.2) is 0 Å². The lowest BCUT2D eigenvalue weighted by molar-refractivity contribution is -0.139. The average Bonchev–Trinajstić information content (AvgIpc) is 1.90. The van der Waals surface area contributed by atoms with Crippen molar-refractivity contribution in [3.8, 4) is 0 Å². The van der Waals surface area contributed by atoms with Gasteiger partial charge in [-0.15, -0.1) is 11.6 Å². The van der Waals surface area contributed by atoms with Crippen LogP contribution in [0.5, 0.6) is 0 Å². The summed E-state index contributed by atoms with van der Waals surface area (Å²) in [5.74, 6) is 1.18. The van der Waals surface area contributed by atoms with Crippen molar-refractivity contribution in [2.75, 3.05) is 12.5 Å². The predicted molar refractivity (Wildman–Crippen MR) is 36.6 cm³/mol. The highest BCUT2D eigenvalue weighted by Gasteiger charge is 1.98. The molecule has 0 aromatic rings. The van der Waals surface area contributed by atoms with Gasteiger partial charge in [-0.1, -0.05) is 0 Å². The van der Waals surface area contributed by atoms with Gasteiger partial charge < -0.3 is 4.74 Å². The molecule has 0 atom stereocenters. The second kappa shape index (κ2) is 5.03. The Hall–Kier alpha value is -0.790. The molecule has 0 N–H and O–H groups in total. The summed E-state index contributed by atoms with van der Waals surface area (Å²) in [7, 11) is 0. The van der Waals surface area contributed by atoms with Gasteiger partial charge >= 0.3 is 5.97 Å². The van der Waals surface area contributed by atoms with Crippen LogP contribution in [-0.4, -0.2) is 24.4 Å². The van der Waals surface area contributed by atoms with Gasteiger partial charge in [0.2, 0.25) is 0 Å². The van der Waals surface area contributed by atoms with Crippen molar-refractivity contribution in [1.29, 1.82) is 0 Å². The van der Waals surface area contributed by atoms with Crippen LogP contribution in [-0.2, 0) is 14.3 Å². The molecule has 0 amide bonds. The van der Waals surface area contributed by atoms with E-state index in [0.717, 1.165) is 0 Å². The molecule has 0 fully saturated rings. The third-order valence-electron chi connectivity index (χ3n) is 0.755. The number of hydrogen-bond donors (Lipinski definition) is 0. The van der Waals surface area contributed by atoms with Crippen LogP contribution < -0.4 is 0 Å². The van der Waals surface area contributed by atoms with Gasteiger partial charge in [-0.25, -0.2) is 4.79 Å². The van der Waals surface area contributed by atoms with Crippen molar-refractivity contribution < 1.29 is 14.3 Å². The van der Waals surface area contributed by atoms with E-state index in [-0.39, 0.29) is 18.1 Å². The van der Waals surface area contributed by atoms with Crippen molar-refractivity contribution in [2.24, 2.45) is 0 Å². The molecule has 4 heteroatoms. The monoisotopic (exact) mass is 162 g/mol. The minimum absolute atomic E-state index is 0.0524. The number of esters is 1. The molecular weight excluding hydrogens is 156 g/mol. The van der Waals surface area contributed by atoms with Crippen molar-refractivity contribution >= 4 is 23.5 Å². The molecule has 0 aliphatic carbocycles. The maximum atomic E-state index is 10.2. The summed E-state index contributed by atoms with van der Waals surface area (Å²) in [6, 6.07) is 0. The number of carbonyl (C=O) groups is 1. The Labute approximate surface area is 63.6 Å². The standard InChI is InChI=1S/C6H7ClO3/c1-5(9)10-4-6(2-7)3-8/h2,4H2,1H3. The Morgan fingerprint density at radius 1 is 1.70 bits per heavy atom. The van der Waals surface area contributed by atoms with E-state index in [1.54, 1.807) is 5.94 Å². The van der Waals surface area contributed by atoms with Crippen LogP contribution in [0.25, 0.3) is 0 Å². The van der Waals surface area contributed by atoms with Crippen LogP contribution >= 0.6 is 11.6 Å². The highest BCUT2D eigenvalue weighted by Crippen LogP contribution is 1.93. The Bertz CT molecular complexity index is 170. The molecule has 10 heavy (non-hydrogen) atoms. The van der Waals surface area contributed by atoms with Crippen LogP contribution in [0.3, 0.4) is 0 Å². The molecule has 0 rings (SSSR count). The smallest absolute Gasteiger partial charge is 0.302 e. The topological polar surface area (TPSA) is 43.4 Å². The zero-order valence-corrected chi connectivity index (χ0v) is 6.27. The fourth-order valence-electron chi connectivity index (χ4n) is 0.284. The molecule has 0 saturated heterocycles. The molecule has 0 aliphatic rings. The summed E-state index contributed by atoms with van der Waals surface area (Å²) in [5, 5.41) is 0. The van der Waals surface area contributed by atoms with Gasteiger partial charge in [-0.05, 0) is 0 Å². The molecule has 56 valence electrons. The summed E-state index contributed by atoms with van der Waals surface area (Å²) in [6.45, 7) is 1.21. The Kier molecular flexibility index (Phi) is 4.63. The molecule has 0 radical (unpaired) electrons. The average molecular weight is 163 g/mol. The van der Waals surface area contributed by atoms with E-state index in [1.807, 2.05) is 0 Å². The van der Waals surface area contributed by atoms with Crippen molar-refractivity contribution in [1.82, 2.24) is 0 Å². The molecule has 0 spiro atoms. The fraction of sp³-hybridized carbons (Fsp3) is 0.500. The zero-order valence-electron chi connectivity index (χ0n) is 5.52. The van der Waals surface area contributed by atoms with Crippen LogP contribution in [0.2, 0.25) is 0 Å². The van der Waals surface area contributed by atoms with Crippen LogP contribution in [0.15, 0.2) is 5.57 Å². The number of alkyl halides is 1. The minimum atomic E-state index is -0.433. The van der Waals surface area contributed by atoms with Gasteiger partial charge in [-0.3, -0.25) is 4.79 Å². The molecule has 0 saturated carbocycles. The van der Waals surface area contributed by atoms with Gasteiger partial charge in [0.05, 0.1) is 11.5 Å². The van der Waals surface area contributed by atoms with Crippen LogP contribution in [0.4, 0.5) is 0 Å². The van der Waals surface area contributed by atoms with Gasteiger partial charge in [0.1, 0.15) is 12.5 Å². The third kappa shape index (κ3) is 4.13.